The Morgan fingerprint density at radius 2 is 2.00 bits per heavy atom. The van der Waals surface area contributed by atoms with Gasteiger partial charge in [0.15, 0.2) is 17.5 Å². The van der Waals surface area contributed by atoms with Gasteiger partial charge in [-0.15, -0.1) is 0 Å². The Balaban J connectivity index is 1.89. The number of halogens is 1. The summed E-state index contributed by atoms with van der Waals surface area (Å²) in [6, 6.07) is 13.9. The van der Waals surface area contributed by atoms with Crippen molar-refractivity contribution in [1.82, 2.24) is 15.5 Å². The monoisotopic (exact) mass is 400 g/mol. The maximum atomic E-state index is 13.6. The lowest BCUT2D eigenvalue weighted by Crippen LogP contribution is -2.41. The number of aliphatic imine (C=N–C) groups is 1. The average Bonchev–Trinajstić information content (AvgIpc) is 2.74. The number of nitrogens with zero attached hydrogens (tertiary/aromatic N) is 2. The molecule has 1 amide bonds. The number of carbonyl (C=O) groups is 1. The largest absolute Gasteiger partial charge is 0.489 e. The zero-order valence-corrected chi connectivity index (χ0v) is 17.2. The molecule has 2 rings (SSSR count). The smallest absolute Gasteiger partial charge is 0.251 e. The third-order valence-electron chi connectivity index (χ3n) is 4.30. The molecule has 0 atom stereocenters. The number of nitrogens with one attached hydrogen (secondary N) is 2. The maximum absolute atomic E-state index is 13.6. The van der Waals surface area contributed by atoms with Crippen molar-refractivity contribution in [1.29, 1.82) is 0 Å². The lowest BCUT2D eigenvalue weighted by Gasteiger charge is -2.22. The Bertz CT molecular complexity index is 826. The minimum absolute atomic E-state index is 0.0988. The molecular formula is C22H29FN4O2. The predicted molar refractivity (Wildman–Crippen MR) is 114 cm³/mol. The van der Waals surface area contributed by atoms with Crippen molar-refractivity contribution in [3.8, 4) is 5.75 Å². The van der Waals surface area contributed by atoms with Crippen molar-refractivity contribution in [2.75, 3.05) is 40.3 Å². The Morgan fingerprint density at radius 1 is 1.21 bits per heavy atom. The third-order valence-corrected chi connectivity index (χ3v) is 4.30. The number of guanidine groups is 1. The minimum atomic E-state index is -0.366. The number of carbonyl (C=O) groups excluding carboxylic acids is 1. The summed E-state index contributed by atoms with van der Waals surface area (Å²) >= 11 is 0. The van der Waals surface area contributed by atoms with E-state index < -0.39 is 0 Å². The van der Waals surface area contributed by atoms with Crippen molar-refractivity contribution in [2.45, 2.75) is 13.3 Å². The molecular weight excluding hydrogens is 371 g/mol. The van der Waals surface area contributed by atoms with Gasteiger partial charge in [0.1, 0.15) is 6.61 Å². The first-order chi connectivity index (χ1) is 14.0. The van der Waals surface area contributed by atoms with Crippen LogP contribution in [0.5, 0.6) is 5.75 Å². The number of ether oxygens (including phenoxy) is 1. The molecule has 0 radical (unpaired) electrons. The summed E-state index contributed by atoms with van der Waals surface area (Å²) in [6.07, 6.45) is 0.722. The fraction of sp³-hybridized carbons (Fsp3) is 0.364. The predicted octanol–water partition coefficient (Wildman–Crippen LogP) is 2.70. The Morgan fingerprint density at radius 3 is 2.72 bits per heavy atom. The lowest BCUT2D eigenvalue weighted by atomic mass is 10.1. The molecule has 0 spiro atoms. The van der Waals surface area contributed by atoms with E-state index in [1.165, 1.54) is 6.07 Å². The second kappa shape index (κ2) is 11.7. The summed E-state index contributed by atoms with van der Waals surface area (Å²) in [7, 11) is 3.53. The van der Waals surface area contributed by atoms with Crippen LogP contribution in [0.3, 0.4) is 0 Å². The van der Waals surface area contributed by atoms with E-state index in [0.717, 1.165) is 24.5 Å². The van der Waals surface area contributed by atoms with E-state index in [-0.39, 0.29) is 17.5 Å². The van der Waals surface area contributed by atoms with Gasteiger partial charge in [0, 0.05) is 32.7 Å². The number of hydrogen-bond acceptors (Lipinski definition) is 3. The normalized spacial score (nSPS) is 11.1. The summed E-state index contributed by atoms with van der Waals surface area (Å²) in [4.78, 5) is 18.4. The molecule has 0 aliphatic heterocycles. The molecule has 2 aromatic carbocycles. The molecule has 0 saturated carbocycles. The molecule has 7 heteroatoms. The molecule has 0 aliphatic carbocycles. The molecule has 0 bridgehead atoms. The first kappa shape index (κ1) is 22.2. The van der Waals surface area contributed by atoms with Gasteiger partial charge in [0.25, 0.3) is 5.91 Å². The highest BCUT2D eigenvalue weighted by Crippen LogP contribution is 2.15. The number of rotatable bonds is 9. The standard InChI is InChI=1S/C22H29FN4O2/c1-4-25-22(27(3)14-15-29-20-11-6-5-10-19(20)23)26-13-12-17-8-7-9-18(16-17)21(28)24-2/h5-11,16H,4,12-15H2,1-3H3,(H,24,28)(H,25,26). The molecule has 156 valence electrons. The number of amides is 1. The van der Waals surface area contributed by atoms with Gasteiger partial charge >= 0.3 is 0 Å². The molecule has 0 saturated heterocycles. The number of hydrogen-bond donors (Lipinski definition) is 2. The lowest BCUT2D eigenvalue weighted by molar-refractivity contribution is 0.0963. The van der Waals surface area contributed by atoms with Crippen LogP contribution in [0.25, 0.3) is 0 Å². The first-order valence-corrected chi connectivity index (χ1v) is 9.73. The van der Waals surface area contributed by atoms with Crippen LogP contribution < -0.4 is 15.4 Å². The second-order valence-corrected chi connectivity index (χ2v) is 6.47. The van der Waals surface area contributed by atoms with Gasteiger partial charge in [-0.2, -0.15) is 0 Å². The Hall–Kier alpha value is -3.09. The van der Waals surface area contributed by atoms with Crippen molar-refractivity contribution in [2.24, 2.45) is 4.99 Å². The fourth-order valence-corrected chi connectivity index (χ4v) is 2.73. The van der Waals surface area contributed by atoms with Crippen molar-refractivity contribution in [3.05, 3.63) is 65.5 Å². The summed E-state index contributed by atoms with van der Waals surface area (Å²) in [5, 5.41) is 5.88. The SMILES string of the molecule is CCNC(=NCCc1cccc(C(=O)NC)c1)N(C)CCOc1ccccc1F. The molecule has 2 N–H and O–H groups in total. The van der Waals surface area contributed by atoms with E-state index in [9.17, 15) is 9.18 Å². The highest BCUT2D eigenvalue weighted by Gasteiger charge is 2.08. The summed E-state index contributed by atoms with van der Waals surface area (Å²) in [6.45, 7) is 4.23. The zero-order valence-electron chi connectivity index (χ0n) is 17.2. The first-order valence-electron chi connectivity index (χ1n) is 9.73. The number of likely N-dealkylation sites (N-methyl/N-ethyl adjacent to an activating group) is 1. The number of benzene rings is 2. The number of para-hydroxylation sites is 1. The molecule has 0 aromatic heterocycles. The highest BCUT2D eigenvalue weighted by atomic mass is 19.1. The van der Waals surface area contributed by atoms with E-state index >= 15 is 0 Å². The van der Waals surface area contributed by atoms with Crippen LogP contribution in [-0.4, -0.2) is 57.1 Å². The van der Waals surface area contributed by atoms with Gasteiger partial charge in [0.2, 0.25) is 0 Å². The minimum Gasteiger partial charge on any atom is -0.489 e. The Labute approximate surface area is 171 Å². The molecule has 0 aliphatic rings. The second-order valence-electron chi connectivity index (χ2n) is 6.47. The van der Waals surface area contributed by atoms with Gasteiger partial charge in [-0.1, -0.05) is 24.3 Å². The molecule has 6 nitrogen and oxygen atoms in total. The quantitative estimate of drug-likeness (QED) is 0.502. The molecule has 0 unspecified atom stereocenters. The maximum Gasteiger partial charge on any atom is 0.251 e. The van der Waals surface area contributed by atoms with E-state index in [1.54, 1.807) is 31.3 Å². The van der Waals surface area contributed by atoms with Crippen LogP contribution >= 0.6 is 0 Å². The Kier molecular flexibility index (Phi) is 8.95. The van der Waals surface area contributed by atoms with Crippen LogP contribution in [0.4, 0.5) is 4.39 Å². The molecule has 0 heterocycles. The molecule has 29 heavy (non-hydrogen) atoms. The van der Waals surface area contributed by atoms with Crippen molar-refractivity contribution in [3.63, 3.8) is 0 Å². The highest BCUT2D eigenvalue weighted by molar-refractivity contribution is 5.94. The zero-order chi connectivity index (χ0) is 21.1. The van der Waals surface area contributed by atoms with E-state index in [4.69, 9.17) is 4.74 Å². The average molecular weight is 400 g/mol. The summed E-state index contributed by atoms with van der Waals surface area (Å²) < 4.78 is 19.1. The topological polar surface area (TPSA) is 66.0 Å². The van der Waals surface area contributed by atoms with Crippen LogP contribution in [0.1, 0.15) is 22.8 Å². The van der Waals surface area contributed by atoms with Gasteiger partial charge in [0.05, 0.1) is 6.54 Å². The molecule has 0 fully saturated rings. The van der Waals surface area contributed by atoms with Crippen molar-refractivity contribution < 1.29 is 13.9 Å². The summed E-state index contributed by atoms with van der Waals surface area (Å²) in [5.74, 6) is 0.541. The molecule has 2 aromatic rings. The van der Waals surface area contributed by atoms with E-state index in [1.807, 2.05) is 37.1 Å². The van der Waals surface area contributed by atoms with Gasteiger partial charge in [-0.25, -0.2) is 4.39 Å². The summed E-state index contributed by atoms with van der Waals surface area (Å²) in [5.41, 5.74) is 1.69. The van der Waals surface area contributed by atoms with Crippen LogP contribution in [0.2, 0.25) is 0 Å². The fourth-order valence-electron chi connectivity index (χ4n) is 2.73. The van der Waals surface area contributed by atoms with Gasteiger partial charge < -0.3 is 20.3 Å². The van der Waals surface area contributed by atoms with Crippen LogP contribution in [-0.2, 0) is 6.42 Å². The van der Waals surface area contributed by atoms with E-state index in [2.05, 4.69) is 15.6 Å². The van der Waals surface area contributed by atoms with Gasteiger partial charge in [-0.3, -0.25) is 9.79 Å². The van der Waals surface area contributed by atoms with Crippen molar-refractivity contribution >= 4 is 11.9 Å². The van der Waals surface area contributed by atoms with Gasteiger partial charge in [-0.05, 0) is 43.2 Å². The third kappa shape index (κ3) is 7.10. The van der Waals surface area contributed by atoms with Crippen LogP contribution in [0, 0.1) is 5.82 Å². The van der Waals surface area contributed by atoms with Crippen LogP contribution in [0.15, 0.2) is 53.5 Å². The van der Waals surface area contributed by atoms with E-state index in [0.29, 0.717) is 25.3 Å².